The quantitative estimate of drug-likeness (QED) is 0.725. The maximum Gasteiger partial charge on any atom is 0.244 e. The van der Waals surface area contributed by atoms with E-state index in [1.807, 2.05) is 37.3 Å². The zero-order chi connectivity index (χ0) is 18.1. The van der Waals surface area contributed by atoms with Gasteiger partial charge in [-0.05, 0) is 43.0 Å². The zero-order valence-electron chi connectivity index (χ0n) is 14.7. The molecule has 0 saturated heterocycles. The molecule has 132 valence electrons. The summed E-state index contributed by atoms with van der Waals surface area (Å²) in [6.45, 7) is 2.11. The minimum Gasteiger partial charge on any atom is -0.497 e. The number of carbonyl (C=O) groups is 1. The Balaban J connectivity index is 1.80. The second kappa shape index (κ2) is 9.64. The maximum atomic E-state index is 12.0. The molecule has 0 saturated carbocycles. The molecular formula is C21H25NO3. The van der Waals surface area contributed by atoms with Gasteiger partial charge < -0.3 is 15.2 Å². The van der Waals surface area contributed by atoms with Crippen LogP contribution in [0, 0.1) is 0 Å². The first-order valence-corrected chi connectivity index (χ1v) is 8.39. The third-order valence-electron chi connectivity index (χ3n) is 3.98. The number of benzene rings is 2. The highest BCUT2D eigenvalue weighted by molar-refractivity contribution is 5.88. The van der Waals surface area contributed by atoms with Crippen LogP contribution in [-0.4, -0.2) is 24.7 Å². The number of hydrogen-bond acceptors (Lipinski definition) is 3. The fourth-order valence-corrected chi connectivity index (χ4v) is 2.50. The highest BCUT2D eigenvalue weighted by Crippen LogP contribution is 2.18. The molecule has 1 atom stereocenters. The number of ether oxygens (including phenoxy) is 1. The van der Waals surface area contributed by atoms with E-state index in [0.717, 1.165) is 18.4 Å². The highest BCUT2D eigenvalue weighted by Gasteiger charge is 2.09. The molecule has 0 aliphatic carbocycles. The summed E-state index contributed by atoms with van der Waals surface area (Å²) in [6.07, 6.45) is 2.57. The summed E-state index contributed by atoms with van der Waals surface area (Å²) in [7, 11) is 1.58. The van der Waals surface area contributed by atoms with Gasteiger partial charge in [-0.3, -0.25) is 4.79 Å². The summed E-state index contributed by atoms with van der Waals surface area (Å²) in [5.74, 6) is 0.493. The molecule has 0 aromatic heterocycles. The van der Waals surface area contributed by atoms with Crippen LogP contribution >= 0.6 is 0 Å². The Morgan fingerprint density at radius 1 is 1.20 bits per heavy atom. The van der Waals surface area contributed by atoms with Gasteiger partial charge in [0.2, 0.25) is 5.91 Å². The Bertz CT molecular complexity index is 710. The fraction of sp³-hybridized carbons (Fsp3) is 0.286. The second-order valence-corrected chi connectivity index (χ2v) is 6.01. The van der Waals surface area contributed by atoms with Gasteiger partial charge in [-0.25, -0.2) is 0 Å². The van der Waals surface area contributed by atoms with Gasteiger partial charge in [-0.1, -0.05) is 48.0 Å². The second-order valence-electron chi connectivity index (χ2n) is 6.01. The van der Waals surface area contributed by atoms with Crippen molar-refractivity contribution in [1.82, 2.24) is 5.32 Å². The summed E-state index contributed by atoms with van der Waals surface area (Å²) >= 11 is 0. The molecule has 4 nitrogen and oxygen atoms in total. The number of amides is 1. The van der Waals surface area contributed by atoms with Crippen LogP contribution in [0.15, 0.2) is 66.2 Å². The summed E-state index contributed by atoms with van der Waals surface area (Å²) in [6, 6.07) is 17.4. The lowest BCUT2D eigenvalue weighted by Gasteiger charge is -2.12. The van der Waals surface area contributed by atoms with Crippen molar-refractivity contribution in [3.05, 3.63) is 77.4 Å². The Labute approximate surface area is 149 Å². The van der Waals surface area contributed by atoms with Crippen LogP contribution in [-0.2, 0) is 11.2 Å². The van der Waals surface area contributed by atoms with Crippen LogP contribution < -0.4 is 10.1 Å². The number of nitrogens with one attached hydrogen (secondary N) is 1. The minimum absolute atomic E-state index is 0.161. The number of aryl methyl sites for hydroxylation is 1. The van der Waals surface area contributed by atoms with Crippen molar-refractivity contribution < 1.29 is 14.6 Å². The number of hydrogen-bond donors (Lipinski definition) is 2. The highest BCUT2D eigenvalue weighted by atomic mass is 16.5. The number of rotatable bonds is 8. The van der Waals surface area contributed by atoms with E-state index >= 15 is 0 Å². The largest absolute Gasteiger partial charge is 0.497 e. The van der Waals surface area contributed by atoms with Crippen LogP contribution in [0.5, 0.6) is 5.75 Å². The smallest absolute Gasteiger partial charge is 0.244 e. The van der Waals surface area contributed by atoms with E-state index < -0.39 is 6.10 Å². The Kier molecular flexibility index (Phi) is 7.23. The lowest BCUT2D eigenvalue weighted by Crippen LogP contribution is -2.27. The molecule has 1 amide bonds. The standard InChI is InChI=1S/C21H25NO3/c1-16(11-12-17-7-4-3-5-8-17)13-21(24)22-15-20(23)18-9-6-10-19(14-18)25-2/h3-10,13-14,20,23H,11-12,15H2,1-2H3,(H,22,24)/b16-13-. The Hall–Kier alpha value is -2.59. The van der Waals surface area contributed by atoms with E-state index in [9.17, 15) is 9.90 Å². The predicted octanol–water partition coefficient (Wildman–Crippen LogP) is 3.42. The third kappa shape index (κ3) is 6.43. The third-order valence-corrected chi connectivity index (χ3v) is 3.98. The molecule has 0 radical (unpaired) electrons. The van der Waals surface area contributed by atoms with Crippen molar-refractivity contribution >= 4 is 5.91 Å². The van der Waals surface area contributed by atoms with Crippen molar-refractivity contribution in [3.8, 4) is 5.75 Å². The SMILES string of the molecule is COc1cccc(C(O)CNC(=O)/C=C(/C)CCc2ccccc2)c1. The molecule has 2 rings (SSSR count). The topological polar surface area (TPSA) is 58.6 Å². The molecular weight excluding hydrogens is 314 g/mol. The van der Waals surface area contributed by atoms with Crippen LogP contribution in [0.2, 0.25) is 0 Å². The number of methoxy groups -OCH3 is 1. The van der Waals surface area contributed by atoms with E-state index in [0.29, 0.717) is 11.3 Å². The van der Waals surface area contributed by atoms with Gasteiger partial charge in [0.1, 0.15) is 5.75 Å². The molecule has 2 aromatic carbocycles. The van der Waals surface area contributed by atoms with Gasteiger partial charge >= 0.3 is 0 Å². The van der Waals surface area contributed by atoms with E-state index in [1.165, 1.54) is 5.56 Å². The summed E-state index contributed by atoms with van der Waals surface area (Å²) in [5.41, 5.74) is 2.98. The molecule has 0 aliphatic heterocycles. The molecule has 0 spiro atoms. The van der Waals surface area contributed by atoms with E-state index in [-0.39, 0.29) is 12.5 Å². The first-order valence-electron chi connectivity index (χ1n) is 8.39. The Morgan fingerprint density at radius 3 is 2.68 bits per heavy atom. The average Bonchev–Trinajstić information content (AvgIpc) is 2.65. The average molecular weight is 339 g/mol. The minimum atomic E-state index is -0.767. The van der Waals surface area contributed by atoms with Crippen LogP contribution in [0.1, 0.15) is 30.6 Å². The number of allylic oxidation sites excluding steroid dienone is 1. The van der Waals surface area contributed by atoms with E-state index in [2.05, 4.69) is 17.4 Å². The first-order chi connectivity index (χ1) is 12.1. The van der Waals surface area contributed by atoms with Crippen molar-refractivity contribution in [2.24, 2.45) is 0 Å². The van der Waals surface area contributed by atoms with E-state index in [4.69, 9.17) is 4.74 Å². The van der Waals surface area contributed by atoms with Crippen LogP contribution in [0.25, 0.3) is 0 Å². The molecule has 1 unspecified atom stereocenters. The van der Waals surface area contributed by atoms with Gasteiger partial charge in [-0.15, -0.1) is 0 Å². The van der Waals surface area contributed by atoms with E-state index in [1.54, 1.807) is 25.3 Å². The lowest BCUT2D eigenvalue weighted by atomic mass is 10.1. The zero-order valence-corrected chi connectivity index (χ0v) is 14.7. The summed E-state index contributed by atoms with van der Waals surface area (Å²) in [4.78, 5) is 12.0. The van der Waals surface area contributed by atoms with Crippen LogP contribution in [0.4, 0.5) is 0 Å². The van der Waals surface area contributed by atoms with Crippen molar-refractivity contribution in [2.75, 3.05) is 13.7 Å². The van der Waals surface area contributed by atoms with Gasteiger partial charge in [0.25, 0.3) is 0 Å². The monoisotopic (exact) mass is 339 g/mol. The van der Waals surface area contributed by atoms with Crippen molar-refractivity contribution in [2.45, 2.75) is 25.9 Å². The van der Waals surface area contributed by atoms with Crippen molar-refractivity contribution in [3.63, 3.8) is 0 Å². The van der Waals surface area contributed by atoms with Crippen LogP contribution in [0.3, 0.4) is 0 Å². The molecule has 2 aromatic rings. The molecule has 0 fully saturated rings. The predicted molar refractivity (Wildman–Crippen MR) is 99.5 cm³/mol. The molecule has 0 heterocycles. The van der Waals surface area contributed by atoms with Gasteiger partial charge in [0.05, 0.1) is 13.2 Å². The molecule has 4 heteroatoms. The number of carbonyl (C=O) groups excluding carboxylic acids is 1. The van der Waals surface area contributed by atoms with Crippen molar-refractivity contribution in [1.29, 1.82) is 0 Å². The lowest BCUT2D eigenvalue weighted by molar-refractivity contribution is -0.117. The summed E-state index contributed by atoms with van der Waals surface area (Å²) in [5, 5.41) is 12.9. The molecule has 2 N–H and O–H groups in total. The Morgan fingerprint density at radius 2 is 1.96 bits per heavy atom. The van der Waals surface area contributed by atoms with Gasteiger partial charge in [0.15, 0.2) is 0 Å². The summed E-state index contributed by atoms with van der Waals surface area (Å²) < 4.78 is 5.14. The number of aliphatic hydroxyl groups is 1. The normalized spacial score (nSPS) is 12.5. The molecule has 0 aliphatic rings. The molecule has 0 bridgehead atoms. The molecule has 25 heavy (non-hydrogen) atoms. The first kappa shape index (κ1) is 18.7. The maximum absolute atomic E-state index is 12.0. The fourth-order valence-electron chi connectivity index (χ4n) is 2.50. The van der Waals surface area contributed by atoms with Gasteiger partial charge in [-0.2, -0.15) is 0 Å². The van der Waals surface area contributed by atoms with Gasteiger partial charge in [0, 0.05) is 12.6 Å². The number of aliphatic hydroxyl groups excluding tert-OH is 1.